The Kier molecular flexibility index (Phi) is 7.80. The van der Waals surface area contributed by atoms with Gasteiger partial charge in [-0.05, 0) is 12.3 Å². The second kappa shape index (κ2) is 8.11. The number of hydrogen-bond donors (Lipinski definition) is 1. The van der Waals surface area contributed by atoms with E-state index in [1.165, 1.54) is 19.3 Å². The Morgan fingerprint density at radius 1 is 1.46 bits per heavy atom. The molecule has 0 aliphatic heterocycles. The SMILES string of the molecule is C=C(O)CC(CCCCC)COC. The molecule has 0 saturated heterocycles. The number of aliphatic hydroxyl groups is 1. The standard InChI is InChI=1S/C11H22O2/c1-4-5-6-7-11(9-13-3)8-10(2)12/h11-12H,2,4-9H2,1,3H3. The third-order valence-corrected chi connectivity index (χ3v) is 2.14. The summed E-state index contributed by atoms with van der Waals surface area (Å²) in [6.07, 6.45) is 5.52. The fourth-order valence-corrected chi connectivity index (χ4v) is 1.50. The topological polar surface area (TPSA) is 29.5 Å². The van der Waals surface area contributed by atoms with E-state index in [0.717, 1.165) is 13.0 Å². The van der Waals surface area contributed by atoms with E-state index in [1.807, 2.05) is 0 Å². The monoisotopic (exact) mass is 186 g/mol. The van der Waals surface area contributed by atoms with Crippen molar-refractivity contribution in [2.45, 2.75) is 39.0 Å². The fraction of sp³-hybridized carbons (Fsp3) is 0.818. The minimum Gasteiger partial charge on any atom is -0.513 e. The maximum Gasteiger partial charge on any atom is 0.0854 e. The lowest BCUT2D eigenvalue weighted by Crippen LogP contribution is -2.09. The molecule has 0 bridgehead atoms. The molecule has 0 aromatic carbocycles. The van der Waals surface area contributed by atoms with Gasteiger partial charge in [-0.15, -0.1) is 0 Å². The first-order valence-electron chi connectivity index (χ1n) is 5.06. The summed E-state index contributed by atoms with van der Waals surface area (Å²) in [6, 6.07) is 0. The van der Waals surface area contributed by atoms with E-state index in [1.54, 1.807) is 7.11 Å². The van der Waals surface area contributed by atoms with Gasteiger partial charge in [-0.25, -0.2) is 0 Å². The van der Waals surface area contributed by atoms with Gasteiger partial charge in [-0.2, -0.15) is 0 Å². The Hall–Kier alpha value is -0.500. The van der Waals surface area contributed by atoms with Crippen molar-refractivity contribution in [1.29, 1.82) is 0 Å². The zero-order chi connectivity index (χ0) is 10.1. The summed E-state index contributed by atoms with van der Waals surface area (Å²) in [5.74, 6) is 0.715. The van der Waals surface area contributed by atoms with Gasteiger partial charge in [0.2, 0.25) is 0 Å². The molecule has 1 unspecified atom stereocenters. The number of allylic oxidation sites excluding steroid dienone is 1. The largest absolute Gasteiger partial charge is 0.513 e. The van der Waals surface area contributed by atoms with Crippen LogP contribution in [-0.4, -0.2) is 18.8 Å². The number of unbranched alkanes of at least 4 members (excludes halogenated alkanes) is 2. The van der Waals surface area contributed by atoms with Crippen molar-refractivity contribution in [2.24, 2.45) is 5.92 Å². The van der Waals surface area contributed by atoms with Gasteiger partial charge in [0.05, 0.1) is 5.76 Å². The summed E-state index contributed by atoms with van der Waals surface area (Å²) < 4.78 is 5.08. The van der Waals surface area contributed by atoms with E-state index >= 15 is 0 Å². The normalized spacial score (nSPS) is 12.8. The van der Waals surface area contributed by atoms with Crippen LogP contribution >= 0.6 is 0 Å². The van der Waals surface area contributed by atoms with Crippen LogP contribution in [0.5, 0.6) is 0 Å². The summed E-state index contributed by atoms with van der Waals surface area (Å²) in [5.41, 5.74) is 0. The minimum atomic E-state index is 0.276. The molecular formula is C11H22O2. The highest BCUT2D eigenvalue weighted by Crippen LogP contribution is 2.16. The van der Waals surface area contributed by atoms with Crippen LogP contribution in [0.3, 0.4) is 0 Å². The third-order valence-electron chi connectivity index (χ3n) is 2.14. The van der Waals surface area contributed by atoms with Gasteiger partial charge in [0.25, 0.3) is 0 Å². The van der Waals surface area contributed by atoms with E-state index in [0.29, 0.717) is 12.3 Å². The predicted molar refractivity (Wildman–Crippen MR) is 55.9 cm³/mol. The Bertz CT molecular complexity index is 132. The van der Waals surface area contributed by atoms with Gasteiger partial charge < -0.3 is 9.84 Å². The summed E-state index contributed by atoms with van der Waals surface area (Å²) in [7, 11) is 1.70. The first kappa shape index (κ1) is 12.5. The quantitative estimate of drug-likeness (QED) is 0.465. The third kappa shape index (κ3) is 7.85. The molecule has 1 N–H and O–H groups in total. The molecule has 2 heteroatoms. The summed E-state index contributed by atoms with van der Waals surface area (Å²) in [6.45, 7) is 6.42. The van der Waals surface area contributed by atoms with Crippen molar-refractivity contribution in [3.05, 3.63) is 12.3 Å². The molecule has 1 atom stereocenters. The minimum absolute atomic E-state index is 0.276. The van der Waals surface area contributed by atoms with Crippen LogP contribution in [0.1, 0.15) is 39.0 Å². The molecule has 0 aliphatic carbocycles. The average molecular weight is 186 g/mol. The van der Waals surface area contributed by atoms with Gasteiger partial charge >= 0.3 is 0 Å². The molecule has 13 heavy (non-hydrogen) atoms. The first-order valence-corrected chi connectivity index (χ1v) is 5.06. The van der Waals surface area contributed by atoms with Crippen LogP contribution in [0, 0.1) is 5.92 Å². The lowest BCUT2D eigenvalue weighted by atomic mass is 9.98. The smallest absolute Gasteiger partial charge is 0.0854 e. The lowest BCUT2D eigenvalue weighted by Gasteiger charge is -2.14. The Morgan fingerprint density at radius 2 is 2.15 bits per heavy atom. The molecule has 0 rings (SSSR count). The zero-order valence-corrected chi connectivity index (χ0v) is 8.88. The van der Waals surface area contributed by atoms with Gasteiger partial charge in [-0.1, -0.05) is 32.8 Å². The molecule has 0 aliphatic rings. The van der Waals surface area contributed by atoms with Crippen molar-refractivity contribution in [3.8, 4) is 0 Å². The van der Waals surface area contributed by atoms with E-state index in [4.69, 9.17) is 9.84 Å². The Balaban J connectivity index is 3.59. The second-order valence-corrected chi connectivity index (χ2v) is 3.59. The number of methoxy groups -OCH3 is 1. The van der Waals surface area contributed by atoms with E-state index < -0.39 is 0 Å². The van der Waals surface area contributed by atoms with Crippen molar-refractivity contribution < 1.29 is 9.84 Å². The molecule has 0 heterocycles. The summed E-state index contributed by atoms with van der Waals surface area (Å²) >= 11 is 0. The van der Waals surface area contributed by atoms with Crippen LogP contribution in [0.2, 0.25) is 0 Å². The molecule has 0 spiro atoms. The average Bonchev–Trinajstić information content (AvgIpc) is 2.04. The van der Waals surface area contributed by atoms with Crippen LogP contribution in [0.4, 0.5) is 0 Å². The number of hydrogen-bond acceptors (Lipinski definition) is 2. The molecule has 0 amide bonds. The number of ether oxygens (including phenoxy) is 1. The molecule has 78 valence electrons. The maximum absolute atomic E-state index is 9.06. The molecule has 0 radical (unpaired) electrons. The summed E-state index contributed by atoms with van der Waals surface area (Å²) in [4.78, 5) is 0. The van der Waals surface area contributed by atoms with Crippen molar-refractivity contribution >= 4 is 0 Å². The number of aliphatic hydroxyl groups excluding tert-OH is 1. The first-order chi connectivity index (χ1) is 6.20. The molecule has 0 saturated carbocycles. The van der Waals surface area contributed by atoms with E-state index in [2.05, 4.69) is 13.5 Å². The lowest BCUT2D eigenvalue weighted by molar-refractivity contribution is 0.139. The number of rotatable bonds is 8. The zero-order valence-electron chi connectivity index (χ0n) is 8.88. The Morgan fingerprint density at radius 3 is 2.62 bits per heavy atom. The highest BCUT2D eigenvalue weighted by atomic mass is 16.5. The maximum atomic E-state index is 9.06. The molecule has 2 nitrogen and oxygen atoms in total. The Labute approximate surface area is 81.6 Å². The highest BCUT2D eigenvalue weighted by Gasteiger charge is 2.09. The molecular weight excluding hydrogens is 164 g/mol. The van der Waals surface area contributed by atoms with E-state index in [9.17, 15) is 0 Å². The van der Waals surface area contributed by atoms with Crippen molar-refractivity contribution in [2.75, 3.05) is 13.7 Å². The molecule has 0 fully saturated rings. The van der Waals surface area contributed by atoms with E-state index in [-0.39, 0.29) is 5.76 Å². The van der Waals surface area contributed by atoms with Crippen LogP contribution in [0.25, 0.3) is 0 Å². The van der Waals surface area contributed by atoms with Crippen LogP contribution in [0.15, 0.2) is 12.3 Å². The van der Waals surface area contributed by atoms with Gasteiger partial charge in [-0.3, -0.25) is 0 Å². The molecule has 0 aromatic rings. The highest BCUT2D eigenvalue weighted by molar-refractivity contribution is 4.82. The summed E-state index contributed by atoms with van der Waals surface area (Å²) in [5, 5.41) is 9.06. The van der Waals surface area contributed by atoms with Crippen molar-refractivity contribution in [3.63, 3.8) is 0 Å². The predicted octanol–water partition coefficient (Wildman–Crippen LogP) is 3.29. The van der Waals surface area contributed by atoms with Gasteiger partial charge in [0, 0.05) is 20.1 Å². The second-order valence-electron chi connectivity index (χ2n) is 3.59. The van der Waals surface area contributed by atoms with Crippen molar-refractivity contribution in [1.82, 2.24) is 0 Å². The van der Waals surface area contributed by atoms with Gasteiger partial charge in [0.15, 0.2) is 0 Å². The van der Waals surface area contributed by atoms with Crippen LogP contribution < -0.4 is 0 Å². The fourth-order valence-electron chi connectivity index (χ4n) is 1.50. The molecule has 0 aromatic heterocycles. The van der Waals surface area contributed by atoms with Gasteiger partial charge in [0.1, 0.15) is 0 Å². The van der Waals surface area contributed by atoms with Crippen LogP contribution in [-0.2, 0) is 4.74 Å².